The summed E-state index contributed by atoms with van der Waals surface area (Å²) in [5.41, 5.74) is 0. The Labute approximate surface area is 148 Å². The molecule has 0 saturated carbocycles. The maximum absolute atomic E-state index is 12.9. The molecule has 8 heteroatoms. The summed E-state index contributed by atoms with van der Waals surface area (Å²) in [7, 11) is -3.60. The lowest BCUT2D eigenvalue weighted by Gasteiger charge is -2.33. The molecule has 1 aromatic carbocycles. The molecule has 1 N–H and O–H groups in total. The van der Waals surface area contributed by atoms with E-state index in [0.717, 1.165) is 32.4 Å². The molecule has 0 aromatic heterocycles. The molecule has 1 saturated heterocycles. The van der Waals surface area contributed by atoms with Crippen LogP contribution in [0.1, 0.15) is 26.2 Å². The van der Waals surface area contributed by atoms with Crippen LogP contribution in [-0.2, 0) is 10.0 Å². The van der Waals surface area contributed by atoms with Crippen molar-refractivity contribution >= 4 is 45.6 Å². The summed E-state index contributed by atoms with van der Waals surface area (Å²) >= 11 is 11.9. The first-order chi connectivity index (χ1) is 9.96. The third kappa shape index (κ3) is 4.49. The fourth-order valence-electron chi connectivity index (χ4n) is 2.62. The summed E-state index contributed by atoms with van der Waals surface area (Å²) < 4.78 is 27.5. The number of nitrogens with zero attached hydrogens (tertiary/aromatic N) is 1. The molecule has 1 heterocycles. The molecule has 4 nitrogen and oxygen atoms in total. The van der Waals surface area contributed by atoms with E-state index in [1.807, 2.05) is 6.92 Å². The van der Waals surface area contributed by atoms with Gasteiger partial charge in [0.05, 0.1) is 5.02 Å². The van der Waals surface area contributed by atoms with Crippen molar-refractivity contribution in [1.29, 1.82) is 0 Å². The van der Waals surface area contributed by atoms with E-state index < -0.39 is 10.0 Å². The fraction of sp³-hybridized carbons (Fsp3) is 0.571. The van der Waals surface area contributed by atoms with E-state index >= 15 is 0 Å². The Morgan fingerprint density at radius 1 is 1.27 bits per heavy atom. The number of sulfonamides is 1. The average Bonchev–Trinajstić information content (AvgIpc) is 2.45. The van der Waals surface area contributed by atoms with Gasteiger partial charge in [0.25, 0.3) is 0 Å². The summed E-state index contributed by atoms with van der Waals surface area (Å²) in [5, 5.41) is 3.87. The van der Waals surface area contributed by atoms with Crippen molar-refractivity contribution in [3.63, 3.8) is 0 Å². The molecule has 0 aliphatic carbocycles. The van der Waals surface area contributed by atoms with Crippen molar-refractivity contribution in [1.82, 2.24) is 9.62 Å². The molecule has 126 valence electrons. The van der Waals surface area contributed by atoms with Crippen molar-refractivity contribution in [3.05, 3.63) is 28.2 Å². The summed E-state index contributed by atoms with van der Waals surface area (Å²) in [6, 6.07) is 4.56. The molecule has 0 bridgehead atoms. The molecule has 0 radical (unpaired) electrons. The number of rotatable bonds is 5. The number of benzene rings is 1. The Morgan fingerprint density at radius 3 is 2.45 bits per heavy atom. The highest BCUT2D eigenvalue weighted by atomic mass is 35.5. The highest BCUT2D eigenvalue weighted by molar-refractivity contribution is 7.89. The molecule has 0 unspecified atom stereocenters. The predicted molar refractivity (Wildman–Crippen MR) is 93.8 cm³/mol. The van der Waals surface area contributed by atoms with Crippen LogP contribution < -0.4 is 5.32 Å². The van der Waals surface area contributed by atoms with Crippen molar-refractivity contribution in [2.24, 2.45) is 0 Å². The molecule has 22 heavy (non-hydrogen) atoms. The number of hydrogen-bond donors (Lipinski definition) is 1. The Balaban J connectivity index is 0.00000242. The lowest BCUT2D eigenvalue weighted by Crippen LogP contribution is -2.46. The second-order valence-electron chi connectivity index (χ2n) is 5.17. The van der Waals surface area contributed by atoms with Crippen molar-refractivity contribution in [3.8, 4) is 0 Å². The van der Waals surface area contributed by atoms with E-state index in [1.54, 1.807) is 10.4 Å². The van der Waals surface area contributed by atoms with Crippen LogP contribution in [0.25, 0.3) is 0 Å². The highest BCUT2D eigenvalue weighted by Gasteiger charge is 2.32. The van der Waals surface area contributed by atoms with Crippen LogP contribution in [0.15, 0.2) is 23.1 Å². The van der Waals surface area contributed by atoms with Crippen LogP contribution in [0, 0.1) is 0 Å². The van der Waals surface area contributed by atoms with E-state index in [2.05, 4.69) is 5.32 Å². The van der Waals surface area contributed by atoms with Crippen LogP contribution in [-0.4, -0.2) is 38.4 Å². The van der Waals surface area contributed by atoms with Gasteiger partial charge in [-0.1, -0.05) is 30.1 Å². The van der Waals surface area contributed by atoms with Gasteiger partial charge in [0.1, 0.15) is 4.90 Å². The van der Waals surface area contributed by atoms with Gasteiger partial charge in [-0.2, -0.15) is 4.31 Å². The average molecular weight is 388 g/mol. The molecule has 0 spiro atoms. The Kier molecular flexibility index (Phi) is 7.92. The first-order valence-corrected chi connectivity index (χ1v) is 9.34. The predicted octanol–water partition coefficient (Wildman–Crippen LogP) is 3.57. The Hall–Kier alpha value is -0.0400. The smallest absolute Gasteiger partial charge is 0.244 e. The SMILES string of the molecule is CCCN(C1CCNCC1)S(=O)(=O)c1ccc(Cl)cc1Cl.Cl. The zero-order valence-corrected chi connectivity index (χ0v) is 15.5. The lowest BCUT2D eigenvalue weighted by molar-refractivity contribution is 0.262. The normalized spacial score (nSPS) is 16.5. The quantitative estimate of drug-likeness (QED) is 0.840. The van der Waals surface area contributed by atoms with E-state index in [-0.39, 0.29) is 28.4 Å². The molecular formula is C14H21Cl3N2O2S. The van der Waals surface area contributed by atoms with Crippen LogP contribution in [0.2, 0.25) is 10.0 Å². The summed E-state index contributed by atoms with van der Waals surface area (Å²) in [6.45, 7) is 4.17. The molecule has 1 aliphatic heterocycles. The monoisotopic (exact) mass is 386 g/mol. The molecule has 1 aliphatic rings. The number of halogens is 3. The zero-order chi connectivity index (χ0) is 15.5. The van der Waals surface area contributed by atoms with Crippen molar-refractivity contribution in [2.45, 2.75) is 37.1 Å². The topological polar surface area (TPSA) is 49.4 Å². The van der Waals surface area contributed by atoms with E-state index in [9.17, 15) is 8.42 Å². The molecule has 0 amide bonds. The Bertz CT molecular complexity index is 590. The summed E-state index contributed by atoms with van der Waals surface area (Å²) in [5.74, 6) is 0. The molecule has 1 aromatic rings. The third-order valence-corrected chi connectivity index (χ3v) is 6.31. The second-order valence-corrected chi connectivity index (χ2v) is 7.87. The van der Waals surface area contributed by atoms with E-state index in [0.29, 0.717) is 11.6 Å². The minimum atomic E-state index is -3.60. The van der Waals surface area contributed by atoms with Gasteiger partial charge < -0.3 is 5.32 Å². The van der Waals surface area contributed by atoms with Crippen molar-refractivity contribution in [2.75, 3.05) is 19.6 Å². The molecular weight excluding hydrogens is 367 g/mol. The maximum Gasteiger partial charge on any atom is 0.244 e. The van der Waals surface area contributed by atoms with Gasteiger partial charge in [0.15, 0.2) is 0 Å². The number of hydrogen-bond acceptors (Lipinski definition) is 3. The molecule has 0 atom stereocenters. The van der Waals surface area contributed by atoms with Gasteiger partial charge in [0.2, 0.25) is 10.0 Å². The third-order valence-electron chi connectivity index (χ3n) is 3.64. The second kappa shape index (κ2) is 8.71. The van der Waals surface area contributed by atoms with Gasteiger partial charge in [-0.3, -0.25) is 0 Å². The summed E-state index contributed by atoms with van der Waals surface area (Å²) in [6.07, 6.45) is 2.42. The van der Waals surface area contributed by atoms with E-state index in [1.165, 1.54) is 12.1 Å². The lowest BCUT2D eigenvalue weighted by atomic mass is 10.1. The largest absolute Gasteiger partial charge is 0.317 e. The number of piperidine rings is 1. The molecule has 1 fully saturated rings. The summed E-state index contributed by atoms with van der Waals surface area (Å²) in [4.78, 5) is 0.139. The van der Waals surface area contributed by atoms with Crippen LogP contribution in [0.3, 0.4) is 0 Å². The van der Waals surface area contributed by atoms with Gasteiger partial charge >= 0.3 is 0 Å². The minimum Gasteiger partial charge on any atom is -0.317 e. The Morgan fingerprint density at radius 2 is 1.91 bits per heavy atom. The van der Waals surface area contributed by atoms with Crippen LogP contribution >= 0.6 is 35.6 Å². The highest BCUT2D eigenvalue weighted by Crippen LogP contribution is 2.30. The first kappa shape index (κ1) is 20.0. The zero-order valence-electron chi connectivity index (χ0n) is 12.4. The van der Waals surface area contributed by atoms with Crippen LogP contribution in [0.4, 0.5) is 0 Å². The van der Waals surface area contributed by atoms with E-state index in [4.69, 9.17) is 23.2 Å². The van der Waals surface area contributed by atoms with Gasteiger partial charge in [-0.15, -0.1) is 12.4 Å². The van der Waals surface area contributed by atoms with Gasteiger partial charge in [-0.25, -0.2) is 8.42 Å². The standard InChI is InChI=1S/C14H20Cl2N2O2S.ClH/c1-2-9-18(12-5-7-17-8-6-12)21(19,20)14-4-3-11(15)10-13(14)16;/h3-4,10,12,17H,2,5-9H2,1H3;1H. The maximum atomic E-state index is 12.9. The molecule has 2 rings (SSSR count). The van der Waals surface area contributed by atoms with Gasteiger partial charge in [0, 0.05) is 17.6 Å². The minimum absolute atomic E-state index is 0. The first-order valence-electron chi connectivity index (χ1n) is 7.14. The van der Waals surface area contributed by atoms with Crippen molar-refractivity contribution < 1.29 is 8.42 Å². The fourth-order valence-corrected chi connectivity index (χ4v) is 5.15. The number of nitrogens with one attached hydrogen (secondary N) is 1. The van der Waals surface area contributed by atoms with Crippen LogP contribution in [0.5, 0.6) is 0 Å². The van der Waals surface area contributed by atoms with Gasteiger partial charge in [-0.05, 0) is 50.6 Å².